The van der Waals surface area contributed by atoms with E-state index in [2.05, 4.69) is 5.32 Å². The molecule has 1 N–H and O–H groups in total. The van der Waals surface area contributed by atoms with Crippen LogP contribution in [0.1, 0.15) is 21.5 Å². The summed E-state index contributed by atoms with van der Waals surface area (Å²) in [5.74, 6) is 0.197. The lowest BCUT2D eigenvalue weighted by atomic mass is 10.1. The molecular weight excluding hydrogens is 281 g/mol. The Labute approximate surface area is 122 Å². The number of hydrogen-bond acceptors (Lipinski definition) is 1. The normalized spacial score (nSPS) is 10.3. The van der Waals surface area contributed by atoms with Gasteiger partial charge < -0.3 is 5.32 Å². The van der Waals surface area contributed by atoms with Crippen molar-refractivity contribution in [2.45, 2.75) is 12.8 Å². The van der Waals surface area contributed by atoms with Crippen LogP contribution in [0.15, 0.2) is 42.5 Å². The van der Waals surface area contributed by atoms with Crippen LogP contribution in [0.2, 0.25) is 5.02 Å². The first-order chi connectivity index (χ1) is 9.11. The van der Waals surface area contributed by atoms with Gasteiger partial charge in [0.05, 0.1) is 0 Å². The van der Waals surface area contributed by atoms with E-state index in [1.54, 1.807) is 18.2 Å². The highest BCUT2D eigenvalue weighted by atomic mass is 35.5. The lowest BCUT2D eigenvalue weighted by Crippen LogP contribution is -2.14. The standard InChI is InChI=1S/C15H13Cl2NO/c1-10-8-12(17)6-7-13(10)15(19)18-14-5-3-2-4-11(14)9-16/h2-8H,9H2,1H3,(H,18,19). The van der Waals surface area contributed by atoms with Gasteiger partial charge in [-0.25, -0.2) is 0 Å². The van der Waals surface area contributed by atoms with Crippen molar-refractivity contribution < 1.29 is 4.79 Å². The molecular formula is C15H13Cl2NO. The molecule has 0 atom stereocenters. The van der Waals surface area contributed by atoms with Crippen molar-refractivity contribution in [3.8, 4) is 0 Å². The van der Waals surface area contributed by atoms with Crippen molar-refractivity contribution in [1.82, 2.24) is 0 Å². The predicted molar refractivity (Wildman–Crippen MR) is 80.1 cm³/mol. The zero-order valence-corrected chi connectivity index (χ0v) is 11.9. The molecule has 0 unspecified atom stereocenters. The first-order valence-corrected chi connectivity index (χ1v) is 6.74. The Morgan fingerprint density at radius 2 is 1.95 bits per heavy atom. The number of carbonyl (C=O) groups excluding carboxylic acids is 1. The fourth-order valence-electron chi connectivity index (χ4n) is 1.83. The second-order valence-corrected chi connectivity index (χ2v) is 4.91. The maximum atomic E-state index is 12.2. The van der Waals surface area contributed by atoms with Crippen LogP contribution >= 0.6 is 23.2 Å². The van der Waals surface area contributed by atoms with Gasteiger partial charge in [0.25, 0.3) is 5.91 Å². The van der Waals surface area contributed by atoms with Gasteiger partial charge in [-0.1, -0.05) is 29.8 Å². The van der Waals surface area contributed by atoms with Crippen LogP contribution in [0.25, 0.3) is 0 Å². The van der Waals surface area contributed by atoms with Crippen LogP contribution in [-0.2, 0) is 5.88 Å². The molecule has 0 heterocycles. The number of benzene rings is 2. The van der Waals surface area contributed by atoms with Crippen LogP contribution in [-0.4, -0.2) is 5.91 Å². The third kappa shape index (κ3) is 3.28. The number of nitrogens with one attached hydrogen (secondary N) is 1. The maximum Gasteiger partial charge on any atom is 0.255 e. The fraction of sp³-hybridized carbons (Fsp3) is 0.133. The third-order valence-corrected chi connectivity index (χ3v) is 3.37. The average Bonchev–Trinajstić information content (AvgIpc) is 2.39. The van der Waals surface area contributed by atoms with Gasteiger partial charge in [0.1, 0.15) is 0 Å². The summed E-state index contributed by atoms with van der Waals surface area (Å²) in [5.41, 5.74) is 3.07. The molecule has 4 heteroatoms. The molecule has 0 aliphatic heterocycles. The van der Waals surface area contributed by atoms with E-state index in [0.29, 0.717) is 16.5 Å². The SMILES string of the molecule is Cc1cc(Cl)ccc1C(=O)Nc1ccccc1CCl. The van der Waals surface area contributed by atoms with Crippen LogP contribution in [0.3, 0.4) is 0 Å². The van der Waals surface area contributed by atoms with E-state index in [1.807, 2.05) is 31.2 Å². The van der Waals surface area contributed by atoms with Crippen LogP contribution < -0.4 is 5.32 Å². The Balaban J connectivity index is 2.26. The van der Waals surface area contributed by atoms with Crippen molar-refractivity contribution in [2.75, 3.05) is 5.32 Å². The quantitative estimate of drug-likeness (QED) is 0.821. The zero-order chi connectivity index (χ0) is 13.8. The molecule has 2 nitrogen and oxygen atoms in total. The Hall–Kier alpha value is -1.51. The summed E-state index contributed by atoms with van der Waals surface area (Å²) in [4.78, 5) is 12.2. The van der Waals surface area contributed by atoms with Crippen LogP contribution in [0.5, 0.6) is 0 Å². The predicted octanol–water partition coefficient (Wildman–Crippen LogP) is 4.64. The second kappa shape index (κ2) is 6.09. The number of aryl methyl sites for hydroxylation is 1. The molecule has 0 radical (unpaired) electrons. The van der Waals surface area contributed by atoms with Gasteiger partial charge in [-0.3, -0.25) is 4.79 Å². The zero-order valence-electron chi connectivity index (χ0n) is 10.4. The van der Waals surface area contributed by atoms with Gasteiger partial charge in [0.15, 0.2) is 0 Å². The molecule has 0 fully saturated rings. The summed E-state index contributed by atoms with van der Waals surface area (Å²) < 4.78 is 0. The van der Waals surface area contributed by atoms with Gasteiger partial charge in [-0.05, 0) is 42.3 Å². The van der Waals surface area contributed by atoms with Crippen LogP contribution in [0, 0.1) is 6.92 Å². The van der Waals surface area contributed by atoms with E-state index in [4.69, 9.17) is 23.2 Å². The van der Waals surface area contributed by atoms with Crippen molar-refractivity contribution in [3.63, 3.8) is 0 Å². The highest BCUT2D eigenvalue weighted by Gasteiger charge is 2.11. The molecule has 0 aliphatic rings. The van der Waals surface area contributed by atoms with E-state index < -0.39 is 0 Å². The largest absolute Gasteiger partial charge is 0.322 e. The first-order valence-electron chi connectivity index (χ1n) is 5.83. The highest BCUT2D eigenvalue weighted by molar-refractivity contribution is 6.30. The number of carbonyl (C=O) groups is 1. The lowest BCUT2D eigenvalue weighted by Gasteiger charge is -2.10. The number of halogens is 2. The minimum Gasteiger partial charge on any atom is -0.322 e. The Morgan fingerprint density at radius 3 is 2.63 bits per heavy atom. The molecule has 2 aromatic carbocycles. The molecule has 0 aromatic heterocycles. The number of rotatable bonds is 3. The summed E-state index contributed by atoms with van der Waals surface area (Å²) in [6, 6.07) is 12.7. The number of hydrogen-bond donors (Lipinski definition) is 1. The second-order valence-electron chi connectivity index (χ2n) is 4.20. The summed E-state index contributed by atoms with van der Waals surface area (Å²) in [5, 5.41) is 3.49. The maximum absolute atomic E-state index is 12.2. The van der Waals surface area contributed by atoms with E-state index >= 15 is 0 Å². The van der Waals surface area contributed by atoms with Gasteiger partial charge in [0, 0.05) is 22.2 Å². The molecule has 0 saturated carbocycles. The van der Waals surface area contributed by atoms with Crippen molar-refractivity contribution in [2.24, 2.45) is 0 Å². The van der Waals surface area contributed by atoms with E-state index in [9.17, 15) is 4.79 Å². The minimum atomic E-state index is -0.160. The van der Waals surface area contributed by atoms with E-state index in [-0.39, 0.29) is 5.91 Å². The molecule has 0 spiro atoms. The van der Waals surface area contributed by atoms with Gasteiger partial charge >= 0.3 is 0 Å². The third-order valence-electron chi connectivity index (χ3n) is 2.84. The van der Waals surface area contributed by atoms with Gasteiger partial charge in [-0.2, -0.15) is 0 Å². The van der Waals surface area contributed by atoms with E-state index in [0.717, 1.165) is 16.8 Å². The number of para-hydroxylation sites is 1. The number of anilines is 1. The topological polar surface area (TPSA) is 29.1 Å². The molecule has 0 bridgehead atoms. The summed E-state index contributed by atoms with van der Waals surface area (Å²) >= 11 is 11.7. The Morgan fingerprint density at radius 1 is 1.21 bits per heavy atom. The summed E-state index contributed by atoms with van der Waals surface area (Å²) in [7, 11) is 0. The summed E-state index contributed by atoms with van der Waals surface area (Å²) in [6.45, 7) is 1.86. The minimum absolute atomic E-state index is 0.160. The van der Waals surface area contributed by atoms with Crippen molar-refractivity contribution in [3.05, 3.63) is 64.2 Å². The van der Waals surface area contributed by atoms with Crippen molar-refractivity contribution >= 4 is 34.8 Å². The van der Waals surface area contributed by atoms with Crippen molar-refractivity contribution in [1.29, 1.82) is 0 Å². The monoisotopic (exact) mass is 293 g/mol. The molecule has 2 rings (SSSR count). The molecule has 19 heavy (non-hydrogen) atoms. The lowest BCUT2D eigenvalue weighted by molar-refractivity contribution is 0.102. The number of amides is 1. The van der Waals surface area contributed by atoms with E-state index in [1.165, 1.54) is 0 Å². The number of alkyl halides is 1. The Kier molecular flexibility index (Phi) is 4.46. The molecule has 98 valence electrons. The molecule has 0 aliphatic carbocycles. The molecule has 1 amide bonds. The summed E-state index contributed by atoms with van der Waals surface area (Å²) in [6.07, 6.45) is 0. The van der Waals surface area contributed by atoms with Gasteiger partial charge in [-0.15, -0.1) is 11.6 Å². The Bertz CT molecular complexity index is 611. The first kappa shape index (κ1) is 13.9. The fourth-order valence-corrected chi connectivity index (χ4v) is 2.29. The molecule has 0 saturated heterocycles. The smallest absolute Gasteiger partial charge is 0.255 e. The molecule has 2 aromatic rings. The van der Waals surface area contributed by atoms with Crippen LogP contribution in [0.4, 0.5) is 5.69 Å². The highest BCUT2D eigenvalue weighted by Crippen LogP contribution is 2.20. The average molecular weight is 294 g/mol. The van der Waals surface area contributed by atoms with Gasteiger partial charge in [0.2, 0.25) is 0 Å².